The molecule has 29 heavy (non-hydrogen) atoms. The Kier molecular flexibility index (Phi) is 11.3. The monoisotopic (exact) mass is 533 g/mol. The summed E-state index contributed by atoms with van der Waals surface area (Å²) < 4.78 is 0. The van der Waals surface area contributed by atoms with Gasteiger partial charge in [-0.3, -0.25) is 14.7 Å². The third-order valence-corrected chi connectivity index (χ3v) is 6.34. The molecule has 0 aromatic carbocycles. The smallest absolute Gasteiger partial charge is 0.222 e. The van der Waals surface area contributed by atoms with Crippen LogP contribution in [0.5, 0.6) is 0 Å². The van der Waals surface area contributed by atoms with Gasteiger partial charge in [0, 0.05) is 57.1 Å². The molecule has 0 spiro atoms. The van der Waals surface area contributed by atoms with Crippen LogP contribution in [-0.4, -0.2) is 67.5 Å². The average Bonchev–Trinajstić information content (AvgIpc) is 3.35. The second-order valence-corrected chi connectivity index (χ2v) is 8.84. The minimum Gasteiger partial charge on any atom is -0.357 e. The van der Waals surface area contributed by atoms with Crippen LogP contribution in [0.2, 0.25) is 0 Å². The van der Waals surface area contributed by atoms with Crippen molar-refractivity contribution in [1.29, 1.82) is 0 Å². The maximum absolute atomic E-state index is 11.7. The van der Waals surface area contributed by atoms with E-state index in [-0.39, 0.29) is 24.0 Å². The number of likely N-dealkylation sites (tertiary alicyclic amines) is 2. The van der Waals surface area contributed by atoms with Crippen molar-refractivity contribution in [2.24, 2.45) is 10.9 Å². The first-order valence-electron chi connectivity index (χ1n) is 10.8. The molecule has 2 fully saturated rings. The number of hydrogen-bond acceptors (Lipinski definition) is 4. The lowest BCUT2D eigenvalue weighted by Gasteiger charge is -2.31. The molecule has 3 heterocycles. The molecular weight excluding hydrogens is 497 g/mol. The van der Waals surface area contributed by atoms with Gasteiger partial charge >= 0.3 is 0 Å². The van der Waals surface area contributed by atoms with Crippen molar-refractivity contribution in [1.82, 2.24) is 20.4 Å². The molecule has 1 amide bonds. The quantitative estimate of drug-likeness (QED) is 0.222. The predicted molar refractivity (Wildman–Crippen MR) is 132 cm³/mol. The van der Waals surface area contributed by atoms with E-state index in [1.807, 2.05) is 16.2 Å². The number of amides is 1. The minimum absolute atomic E-state index is 0. The van der Waals surface area contributed by atoms with E-state index in [0.29, 0.717) is 11.8 Å². The zero-order valence-electron chi connectivity index (χ0n) is 17.6. The Hall–Kier alpha value is -0.870. The molecule has 0 bridgehead atoms. The number of rotatable bonds is 9. The first-order chi connectivity index (χ1) is 13.7. The van der Waals surface area contributed by atoms with Gasteiger partial charge < -0.3 is 15.5 Å². The molecular formula is C21H36IN5OS. The van der Waals surface area contributed by atoms with Gasteiger partial charge in [-0.25, -0.2) is 0 Å². The SMILES string of the molecule is CCNC(=NCC1CCCN(Cc2cccs2)C1)NCCCN1CCCC1=O.I. The Balaban J connectivity index is 0.00000300. The Morgan fingerprint density at radius 1 is 1.31 bits per heavy atom. The molecule has 2 saturated heterocycles. The maximum atomic E-state index is 11.7. The van der Waals surface area contributed by atoms with Crippen LogP contribution in [0.3, 0.4) is 0 Å². The fourth-order valence-electron chi connectivity index (χ4n) is 4.05. The Morgan fingerprint density at radius 3 is 2.93 bits per heavy atom. The summed E-state index contributed by atoms with van der Waals surface area (Å²) in [5, 5.41) is 8.95. The number of guanidine groups is 1. The molecule has 0 radical (unpaired) electrons. The van der Waals surface area contributed by atoms with E-state index in [4.69, 9.17) is 4.99 Å². The summed E-state index contributed by atoms with van der Waals surface area (Å²) in [4.78, 5) is 22.5. The number of hydrogen-bond donors (Lipinski definition) is 2. The lowest BCUT2D eigenvalue weighted by molar-refractivity contribution is -0.127. The molecule has 2 aliphatic heterocycles. The summed E-state index contributed by atoms with van der Waals surface area (Å²) in [6, 6.07) is 4.37. The van der Waals surface area contributed by atoms with Crippen molar-refractivity contribution < 1.29 is 4.79 Å². The zero-order valence-corrected chi connectivity index (χ0v) is 20.7. The highest BCUT2D eigenvalue weighted by Gasteiger charge is 2.21. The van der Waals surface area contributed by atoms with Gasteiger partial charge in [0.15, 0.2) is 5.96 Å². The number of nitrogens with zero attached hydrogens (tertiary/aromatic N) is 3. The van der Waals surface area contributed by atoms with Crippen molar-refractivity contribution in [3.63, 3.8) is 0 Å². The normalized spacial score (nSPS) is 20.6. The molecule has 1 aromatic heterocycles. The third kappa shape index (κ3) is 8.41. The van der Waals surface area contributed by atoms with Gasteiger partial charge in [0.1, 0.15) is 0 Å². The molecule has 6 nitrogen and oxygen atoms in total. The number of halogens is 1. The van der Waals surface area contributed by atoms with Gasteiger partial charge in [-0.15, -0.1) is 35.3 Å². The van der Waals surface area contributed by atoms with E-state index < -0.39 is 0 Å². The first-order valence-corrected chi connectivity index (χ1v) is 11.7. The lowest BCUT2D eigenvalue weighted by atomic mass is 9.98. The number of thiophene rings is 1. The van der Waals surface area contributed by atoms with Crippen LogP contribution in [0.25, 0.3) is 0 Å². The number of piperidine rings is 1. The summed E-state index contributed by atoms with van der Waals surface area (Å²) in [7, 11) is 0. The Morgan fingerprint density at radius 2 is 2.21 bits per heavy atom. The first kappa shape index (κ1) is 24.4. The Labute approximate surface area is 196 Å². The van der Waals surface area contributed by atoms with Crippen LogP contribution in [0.1, 0.15) is 43.9 Å². The van der Waals surface area contributed by atoms with Crippen molar-refractivity contribution in [2.45, 2.75) is 45.6 Å². The Bertz CT molecular complexity index is 625. The number of nitrogens with one attached hydrogen (secondary N) is 2. The highest BCUT2D eigenvalue weighted by Crippen LogP contribution is 2.20. The van der Waals surface area contributed by atoms with Crippen LogP contribution in [-0.2, 0) is 11.3 Å². The van der Waals surface area contributed by atoms with E-state index in [2.05, 4.69) is 40.0 Å². The van der Waals surface area contributed by atoms with E-state index >= 15 is 0 Å². The molecule has 1 unspecified atom stereocenters. The van der Waals surface area contributed by atoms with Crippen LogP contribution in [0.4, 0.5) is 0 Å². The maximum Gasteiger partial charge on any atom is 0.222 e. The van der Waals surface area contributed by atoms with E-state index in [0.717, 1.165) is 71.0 Å². The standard InChI is InChI=1S/C21H35N5OS.HI/c1-2-22-21(23-10-6-13-26-12-4-9-20(26)27)24-15-18-7-3-11-25(16-18)17-19-8-5-14-28-19;/h5,8,14,18H,2-4,6-7,9-13,15-17H2,1H3,(H2,22,23,24);1H. The topological polar surface area (TPSA) is 60.0 Å². The number of carbonyl (C=O) groups is 1. The van der Waals surface area contributed by atoms with Gasteiger partial charge in [-0.05, 0) is 56.5 Å². The second-order valence-electron chi connectivity index (χ2n) is 7.81. The molecule has 2 aliphatic rings. The van der Waals surface area contributed by atoms with Crippen molar-refractivity contribution in [2.75, 3.05) is 45.8 Å². The lowest BCUT2D eigenvalue weighted by Crippen LogP contribution is -2.40. The van der Waals surface area contributed by atoms with Gasteiger partial charge in [0.25, 0.3) is 0 Å². The van der Waals surface area contributed by atoms with E-state index in [1.165, 1.54) is 24.3 Å². The van der Waals surface area contributed by atoms with Gasteiger partial charge in [0.05, 0.1) is 0 Å². The highest BCUT2D eigenvalue weighted by molar-refractivity contribution is 14.0. The fourth-order valence-corrected chi connectivity index (χ4v) is 4.79. The molecule has 0 saturated carbocycles. The van der Waals surface area contributed by atoms with Gasteiger partial charge in [0.2, 0.25) is 5.91 Å². The van der Waals surface area contributed by atoms with Crippen molar-refractivity contribution >= 4 is 47.2 Å². The third-order valence-electron chi connectivity index (χ3n) is 5.48. The van der Waals surface area contributed by atoms with Gasteiger partial charge in [-0.2, -0.15) is 0 Å². The van der Waals surface area contributed by atoms with E-state index in [9.17, 15) is 4.79 Å². The summed E-state index contributed by atoms with van der Waals surface area (Å²) in [6.07, 6.45) is 5.23. The number of carbonyl (C=O) groups excluding carboxylic acids is 1. The fraction of sp³-hybridized carbons (Fsp3) is 0.714. The molecule has 164 valence electrons. The summed E-state index contributed by atoms with van der Waals surface area (Å²) in [6.45, 7) is 9.89. The summed E-state index contributed by atoms with van der Waals surface area (Å²) >= 11 is 1.85. The minimum atomic E-state index is 0. The number of aliphatic imine (C=N–C) groups is 1. The molecule has 2 N–H and O–H groups in total. The molecule has 1 atom stereocenters. The van der Waals surface area contributed by atoms with Crippen LogP contribution < -0.4 is 10.6 Å². The van der Waals surface area contributed by atoms with Gasteiger partial charge in [-0.1, -0.05) is 6.07 Å². The zero-order chi connectivity index (χ0) is 19.6. The second kappa shape index (κ2) is 13.4. The molecule has 1 aromatic rings. The largest absolute Gasteiger partial charge is 0.357 e. The average molecular weight is 534 g/mol. The summed E-state index contributed by atoms with van der Waals surface area (Å²) in [5.41, 5.74) is 0. The van der Waals surface area contributed by atoms with E-state index in [1.54, 1.807) is 0 Å². The van der Waals surface area contributed by atoms with Crippen LogP contribution in [0, 0.1) is 5.92 Å². The highest BCUT2D eigenvalue weighted by atomic mass is 127. The molecule has 3 rings (SSSR count). The van der Waals surface area contributed by atoms with Crippen molar-refractivity contribution in [3.8, 4) is 0 Å². The predicted octanol–water partition coefficient (Wildman–Crippen LogP) is 3.15. The van der Waals surface area contributed by atoms with Crippen LogP contribution >= 0.6 is 35.3 Å². The summed E-state index contributed by atoms with van der Waals surface area (Å²) in [5.74, 6) is 1.85. The molecule has 8 heteroatoms. The molecule has 0 aliphatic carbocycles. The van der Waals surface area contributed by atoms with Crippen molar-refractivity contribution in [3.05, 3.63) is 22.4 Å². The van der Waals surface area contributed by atoms with Crippen LogP contribution in [0.15, 0.2) is 22.5 Å².